The van der Waals surface area contributed by atoms with Crippen molar-refractivity contribution in [3.8, 4) is 0 Å². The van der Waals surface area contributed by atoms with E-state index in [4.69, 9.17) is 12.2 Å². The Bertz CT molecular complexity index is 779. The number of nitrogens with zero attached hydrogens (tertiary/aromatic N) is 3. The van der Waals surface area contributed by atoms with Crippen molar-refractivity contribution < 1.29 is 0 Å². The van der Waals surface area contributed by atoms with Gasteiger partial charge in [0.05, 0.1) is 17.8 Å². The van der Waals surface area contributed by atoms with Crippen molar-refractivity contribution >= 4 is 17.3 Å². The van der Waals surface area contributed by atoms with Crippen molar-refractivity contribution in [2.75, 3.05) is 6.54 Å². The van der Waals surface area contributed by atoms with Crippen LogP contribution >= 0.6 is 12.2 Å². The molecule has 2 aromatic rings. The van der Waals surface area contributed by atoms with Crippen LogP contribution in [0.5, 0.6) is 0 Å². The Morgan fingerprint density at radius 2 is 1.92 bits per heavy atom. The first-order valence-corrected chi connectivity index (χ1v) is 9.88. The minimum Gasteiger partial charge on any atom is -0.352 e. The van der Waals surface area contributed by atoms with Crippen molar-refractivity contribution in [1.82, 2.24) is 19.8 Å². The molecule has 3 heterocycles. The topological polar surface area (TPSA) is 33.1 Å². The number of nitrogens with one attached hydrogen (secondary N) is 1. The molecule has 1 aliphatic heterocycles. The second-order valence-electron chi connectivity index (χ2n) is 7.96. The maximum Gasteiger partial charge on any atom is 0.170 e. The molecule has 26 heavy (non-hydrogen) atoms. The largest absolute Gasteiger partial charge is 0.352 e. The maximum absolute atomic E-state index is 5.73. The molecule has 0 aromatic carbocycles. The molecule has 5 heteroatoms. The van der Waals surface area contributed by atoms with Gasteiger partial charge in [0.1, 0.15) is 0 Å². The zero-order valence-electron chi connectivity index (χ0n) is 16.7. The van der Waals surface area contributed by atoms with Crippen LogP contribution in [0.15, 0.2) is 30.5 Å². The molecule has 1 saturated heterocycles. The smallest absolute Gasteiger partial charge is 0.170 e. The molecule has 1 aliphatic rings. The Morgan fingerprint density at radius 3 is 2.46 bits per heavy atom. The molecule has 0 aliphatic carbocycles. The van der Waals surface area contributed by atoms with E-state index in [1.54, 1.807) is 0 Å². The molecule has 0 unspecified atom stereocenters. The van der Waals surface area contributed by atoms with Gasteiger partial charge in [0.25, 0.3) is 0 Å². The van der Waals surface area contributed by atoms with Crippen LogP contribution in [0.4, 0.5) is 0 Å². The summed E-state index contributed by atoms with van der Waals surface area (Å²) in [7, 11) is 0. The van der Waals surface area contributed by atoms with Crippen LogP contribution in [0.25, 0.3) is 0 Å². The summed E-state index contributed by atoms with van der Waals surface area (Å²) in [6, 6.07) is 9.11. The lowest BCUT2D eigenvalue weighted by Crippen LogP contribution is -2.33. The van der Waals surface area contributed by atoms with E-state index in [1.807, 2.05) is 18.3 Å². The fourth-order valence-electron chi connectivity index (χ4n) is 4.23. The second kappa shape index (κ2) is 7.39. The molecule has 0 bridgehead atoms. The van der Waals surface area contributed by atoms with Crippen LogP contribution in [0, 0.1) is 19.8 Å². The quantitative estimate of drug-likeness (QED) is 0.773. The Hall–Kier alpha value is -1.88. The Labute approximate surface area is 162 Å². The lowest BCUT2D eigenvalue weighted by atomic mass is 9.96. The molecule has 1 N–H and O–H groups in total. The Balaban J connectivity index is 2.11. The molecule has 1 fully saturated rings. The Morgan fingerprint density at radius 1 is 1.19 bits per heavy atom. The van der Waals surface area contributed by atoms with E-state index in [9.17, 15) is 0 Å². The number of aryl methyl sites for hydroxylation is 1. The maximum atomic E-state index is 5.73. The van der Waals surface area contributed by atoms with Crippen molar-refractivity contribution in [3.05, 3.63) is 53.1 Å². The SMILES string of the molecule is Cc1cc([C@H]2[C@H](c3ccccn3)NC(=S)N2CC(C)C)c(C)n1C(C)C. The highest BCUT2D eigenvalue weighted by Gasteiger charge is 2.41. The van der Waals surface area contributed by atoms with Gasteiger partial charge >= 0.3 is 0 Å². The van der Waals surface area contributed by atoms with Crippen molar-refractivity contribution in [1.29, 1.82) is 0 Å². The van der Waals surface area contributed by atoms with Gasteiger partial charge in [-0.3, -0.25) is 4.98 Å². The molecular weight excluding hydrogens is 340 g/mol. The van der Waals surface area contributed by atoms with Crippen molar-refractivity contribution in [2.24, 2.45) is 5.92 Å². The lowest BCUT2D eigenvalue weighted by molar-refractivity contribution is 0.286. The van der Waals surface area contributed by atoms with Crippen LogP contribution in [0.2, 0.25) is 0 Å². The molecule has 2 aromatic heterocycles. The summed E-state index contributed by atoms with van der Waals surface area (Å²) in [4.78, 5) is 6.98. The van der Waals surface area contributed by atoms with Crippen molar-refractivity contribution in [3.63, 3.8) is 0 Å². The number of thiocarbonyl (C=S) groups is 1. The average Bonchev–Trinajstić information content (AvgIpc) is 3.04. The summed E-state index contributed by atoms with van der Waals surface area (Å²) in [5.74, 6) is 0.535. The normalized spacial score (nSPS) is 20.3. The monoisotopic (exact) mass is 370 g/mol. The fraction of sp³-hybridized carbons (Fsp3) is 0.524. The molecule has 3 rings (SSSR count). The van der Waals surface area contributed by atoms with Gasteiger partial charge in [0, 0.05) is 30.2 Å². The summed E-state index contributed by atoms with van der Waals surface area (Å²) in [6.45, 7) is 14.3. The molecule has 4 nitrogen and oxygen atoms in total. The first-order valence-electron chi connectivity index (χ1n) is 9.47. The van der Waals surface area contributed by atoms with Gasteiger partial charge < -0.3 is 14.8 Å². The number of rotatable bonds is 5. The van der Waals surface area contributed by atoms with E-state index in [0.717, 1.165) is 17.4 Å². The molecule has 0 radical (unpaired) electrons. The van der Waals surface area contributed by atoms with Gasteiger partial charge in [-0.15, -0.1) is 0 Å². The summed E-state index contributed by atoms with van der Waals surface area (Å²) in [6.07, 6.45) is 1.86. The summed E-state index contributed by atoms with van der Waals surface area (Å²) < 4.78 is 2.42. The summed E-state index contributed by atoms with van der Waals surface area (Å²) in [5.41, 5.74) is 5.01. The predicted molar refractivity (Wildman–Crippen MR) is 111 cm³/mol. The number of aromatic nitrogens is 2. The summed E-state index contributed by atoms with van der Waals surface area (Å²) in [5, 5.41) is 4.37. The van der Waals surface area contributed by atoms with Gasteiger partial charge in [-0.25, -0.2) is 0 Å². The van der Waals surface area contributed by atoms with Gasteiger partial charge in [0.15, 0.2) is 5.11 Å². The van der Waals surface area contributed by atoms with Crippen molar-refractivity contribution in [2.45, 2.75) is 59.7 Å². The van der Waals surface area contributed by atoms with Gasteiger partial charge in [-0.05, 0) is 69.6 Å². The highest BCUT2D eigenvalue weighted by molar-refractivity contribution is 7.80. The highest BCUT2D eigenvalue weighted by atomic mass is 32.1. The summed E-state index contributed by atoms with van der Waals surface area (Å²) >= 11 is 5.73. The van der Waals surface area contributed by atoms with E-state index in [2.05, 4.69) is 73.4 Å². The van der Waals surface area contributed by atoms with Crippen LogP contribution in [-0.2, 0) is 0 Å². The first-order chi connectivity index (χ1) is 12.3. The molecule has 0 saturated carbocycles. The number of pyridine rings is 1. The van der Waals surface area contributed by atoms with E-state index >= 15 is 0 Å². The van der Waals surface area contributed by atoms with Crippen LogP contribution < -0.4 is 5.32 Å². The first kappa shape index (κ1) is 18.9. The van der Waals surface area contributed by atoms with E-state index in [-0.39, 0.29) is 12.1 Å². The zero-order chi connectivity index (χ0) is 19.0. The molecule has 2 atom stereocenters. The minimum atomic E-state index is 0.0727. The number of hydrogen-bond donors (Lipinski definition) is 1. The van der Waals surface area contributed by atoms with Gasteiger partial charge in [0.2, 0.25) is 0 Å². The minimum absolute atomic E-state index is 0.0727. The third-order valence-corrected chi connectivity index (χ3v) is 5.47. The lowest BCUT2D eigenvalue weighted by Gasteiger charge is -2.29. The Kier molecular flexibility index (Phi) is 5.37. The highest BCUT2D eigenvalue weighted by Crippen LogP contribution is 2.41. The predicted octanol–water partition coefficient (Wildman–Crippen LogP) is 4.71. The standard InChI is InChI=1S/C21H30N4S/c1-13(2)12-24-20(17-11-15(5)25(14(3)4)16(17)6)19(23-21(24)26)18-9-7-8-10-22-18/h7-11,13-14,19-20H,12H2,1-6H3,(H,23,26)/t19-,20-/m0/s1. The fourth-order valence-corrected chi connectivity index (χ4v) is 4.55. The molecule has 0 spiro atoms. The molecule has 140 valence electrons. The van der Waals surface area contributed by atoms with E-state index in [0.29, 0.717) is 12.0 Å². The molecule has 0 amide bonds. The third-order valence-electron chi connectivity index (χ3n) is 5.12. The van der Waals surface area contributed by atoms with E-state index < -0.39 is 0 Å². The zero-order valence-corrected chi connectivity index (χ0v) is 17.5. The van der Waals surface area contributed by atoms with Crippen LogP contribution in [-0.4, -0.2) is 26.1 Å². The second-order valence-corrected chi connectivity index (χ2v) is 8.35. The molecular formula is C21H30N4S. The van der Waals surface area contributed by atoms with Crippen LogP contribution in [0.3, 0.4) is 0 Å². The van der Waals surface area contributed by atoms with E-state index in [1.165, 1.54) is 17.0 Å². The average molecular weight is 371 g/mol. The third kappa shape index (κ3) is 3.37. The van der Waals surface area contributed by atoms with Crippen LogP contribution in [0.1, 0.15) is 68.5 Å². The number of hydrogen-bond acceptors (Lipinski definition) is 2. The van der Waals surface area contributed by atoms with Gasteiger partial charge in [-0.2, -0.15) is 0 Å². The van der Waals surface area contributed by atoms with Gasteiger partial charge in [-0.1, -0.05) is 19.9 Å².